The molecule has 0 saturated carbocycles. The zero-order valence-corrected chi connectivity index (χ0v) is 36.4. The van der Waals surface area contributed by atoms with Crippen LogP contribution in [0.15, 0.2) is 12.2 Å². The van der Waals surface area contributed by atoms with Crippen LogP contribution in [0.4, 0.5) is 0 Å². The van der Waals surface area contributed by atoms with Crippen molar-refractivity contribution in [1.29, 1.82) is 0 Å². The van der Waals surface area contributed by atoms with Crippen molar-refractivity contribution >= 4 is 0 Å². The van der Waals surface area contributed by atoms with E-state index < -0.39 is 0 Å². The monoisotopic (exact) mass is 721 g/mol. The first kappa shape index (κ1) is 55.0. The van der Waals surface area contributed by atoms with E-state index in [2.05, 4.69) is 68.3 Å². The van der Waals surface area contributed by atoms with Crippen molar-refractivity contribution in [2.45, 2.75) is 219 Å². The summed E-state index contributed by atoms with van der Waals surface area (Å²) in [6, 6.07) is 0. The highest BCUT2D eigenvalue weighted by Crippen LogP contribution is 2.14. The van der Waals surface area contributed by atoms with Crippen LogP contribution in [0.25, 0.3) is 0 Å². The molecule has 0 aromatic heterocycles. The molecule has 0 saturated heterocycles. The third-order valence-corrected chi connectivity index (χ3v) is 9.52. The Morgan fingerprint density at radius 3 is 0.667 bits per heavy atom. The fourth-order valence-corrected chi connectivity index (χ4v) is 6.32. The van der Waals surface area contributed by atoms with Gasteiger partial charge in [-0.1, -0.05) is 180 Å². The van der Waals surface area contributed by atoms with Gasteiger partial charge in [-0.2, -0.15) is 0 Å². The lowest BCUT2D eigenvalue weighted by molar-refractivity contribution is -0.870. The molecule has 0 aromatic carbocycles. The minimum atomic E-state index is 0. The third-order valence-electron chi connectivity index (χ3n) is 9.52. The fourth-order valence-electron chi connectivity index (χ4n) is 6.32. The van der Waals surface area contributed by atoms with Crippen molar-refractivity contribution in [2.75, 3.05) is 55.4 Å². The summed E-state index contributed by atoms with van der Waals surface area (Å²) in [5.74, 6) is 0. The Labute approximate surface area is 319 Å². The smallest absolute Gasteiger partial charge is 0.0780 e. The van der Waals surface area contributed by atoms with Gasteiger partial charge < -0.3 is 33.8 Å². The number of hydrogen-bond donors (Lipinski definition) is 0. The van der Waals surface area contributed by atoms with Crippen LogP contribution in [0.5, 0.6) is 0 Å². The summed E-state index contributed by atoms with van der Waals surface area (Å²) in [7, 11) is 13.8. The lowest BCUT2D eigenvalue weighted by atomic mass is 10.0. The van der Waals surface area contributed by atoms with Crippen molar-refractivity contribution < 1.29 is 33.8 Å². The number of unbranched alkanes of at least 4 members (excludes halogenated alkanes) is 29. The second-order valence-electron chi connectivity index (χ2n) is 17.0. The SMILES string of the molecule is CCCCCCCC/C=C\CCCCCCCCCCCC[N+](C)(C)C.CCCCCCCCCCCCCCCC[N+](C)(C)C.[Cl-].[Cl-]. The van der Waals surface area contributed by atoms with Gasteiger partial charge in [0.1, 0.15) is 0 Å². The van der Waals surface area contributed by atoms with Gasteiger partial charge in [-0.05, 0) is 51.4 Å². The van der Waals surface area contributed by atoms with Gasteiger partial charge in [-0.3, -0.25) is 0 Å². The molecule has 0 amide bonds. The van der Waals surface area contributed by atoms with E-state index in [4.69, 9.17) is 0 Å². The minimum Gasteiger partial charge on any atom is -1.00 e. The zero-order valence-electron chi connectivity index (χ0n) is 34.8. The number of allylic oxidation sites excluding steroid dienone is 2. The molecule has 0 aromatic rings. The van der Waals surface area contributed by atoms with E-state index in [0.29, 0.717) is 0 Å². The predicted molar refractivity (Wildman–Crippen MR) is 214 cm³/mol. The second-order valence-corrected chi connectivity index (χ2v) is 17.0. The van der Waals surface area contributed by atoms with E-state index in [-0.39, 0.29) is 24.8 Å². The summed E-state index contributed by atoms with van der Waals surface area (Å²) in [6.45, 7) is 7.24. The first-order chi connectivity index (χ1) is 22.1. The maximum absolute atomic E-state index is 2.43. The number of quaternary nitrogens is 2. The Bertz CT molecular complexity index is 579. The Hall–Kier alpha value is 0.240. The van der Waals surface area contributed by atoms with Crippen LogP contribution in [-0.4, -0.2) is 64.3 Å². The molecule has 0 heterocycles. The van der Waals surface area contributed by atoms with E-state index in [1.165, 1.54) is 219 Å². The van der Waals surface area contributed by atoms with Gasteiger partial charge in [0.05, 0.1) is 55.4 Å². The number of nitrogens with zero attached hydrogens (tertiary/aromatic N) is 2. The van der Waals surface area contributed by atoms with Gasteiger partial charge in [0.15, 0.2) is 0 Å². The van der Waals surface area contributed by atoms with Crippen molar-refractivity contribution in [2.24, 2.45) is 0 Å². The Morgan fingerprint density at radius 2 is 0.458 bits per heavy atom. The number of hydrogen-bond acceptors (Lipinski definition) is 0. The summed E-state index contributed by atoms with van der Waals surface area (Å²) >= 11 is 0. The van der Waals surface area contributed by atoms with Crippen molar-refractivity contribution in [3.63, 3.8) is 0 Å². The van der Waals surface area contributed by atoms with Gasteiger partial charge in [0.25, 0.3) is 0 Å². The molecule has 0 N–H and O–H groups in total. The molecule has 0 aliphatic rings. The van der Waals surface area contributed by atoms with Gasteiger partial charge >= 0.3 is 0 Å². The second kappa shape index (κ2) is 43.4. The van der Waals surface area contributed by atoms with Crippen molar-refractivity contribution in [3.05, 3.63) is 12.2 Å². The standard InChI is InChI=1S/C25H52N.C19H42N.2ClH/c1-5-6-7-8-9-10-11-12-13-14-15-16-17-18-19-20-21-22-23-24-25-26(2,3)4;1-5-6-7-8-9-10-11-12-13-14-15-16-17-18-19-20(2,3)4;;/h12-13H,5-11,14-25H2,1-4H3;5-19H2,1-4H3;2*1H/q2*+1;;/p-2/b13-12-;;;. The average molecular weight is 722 g/mol. The highest BCUT2D eigenvalue weighted by atomic mass is 35.5. The van der Waals surface area contributed by atoms with Crippen LogP contribution >= 0.6 is 0 Å². The Balaban J connectivity index is -0.000000399. The van der Waals surface area contributed by atoms with Crippen LogP contribution < -0.4 is 24.8 Å². The van der Waals surface area contributed by atoms with Crippen molar-refractivity contribution in [1.82, 2.24) is 0 Å². The van der Waals surface area contributed by atoms with E-state index >= 15 is 0 Å². The Morgan fingerprint density at radius 1 is 0.271 bits per heavy atom. The summed E-state index contributed by atoms with van der Waals surface area (Å²) < 4.78 is 2.24. The molecule has 0 unspecified atom stereocenters. The molecule has 0 spiro atoms. The number of halogens is 2. The quantitative estimate of drug-likeness (QED) is 0.0350. The summed E-state index contributed by atoms with van der Waals surface area (Å²) in [5, 5.41) is 0. The van der Waals surface area contributed by atoms with Gasteiger partial charge in [0.2, 0.25) is 0 Å². The molecule has 294 valence electrons. The lowest BCUT2D eigenvalue weighted by Crippen LogP contribution is -3.00. The van der Waals surface area contributed by atoms with E-state index in [1.54, 1.807) is 0 Å². The number of rotatable bonds is 35. The first-order valence-electron chi connectivity index (χ1n) is 21.4. The normalized spacial score (nSPS) is 11.7. The first-order valence-corrected chi connectivity index (χ1v) is 21.4. The highest BCUT2D eigenvalue weighted by molar-refractivity contribution is 4.81. The summed E-state index contributed by atoms with van der Waals surface area (Å²) in [6.07, 6.45) is 50.7. The van der Waals surface area contributed by atoms with Crippen LogP contribution in [0, 0.1) is 0 Å². The third kappa shape index (κ3) is 58.4. The van der Waals surface area contributed by atoms with Gasteiger partial charge in [-0.15, -0.1) is 0 Å². The molecule has 0 fully saturated rings. The molecule has 4 heteroatoms. The molecule has 0 rings (SSSR count). The van der Waals surface area contributed by atoms with Crippen LogP contribution in [0.3, 0.4) is 0 Å². The summed E-state index contributed by atoms with van der Waals surface area (Å²) in [4.78, 5) is 0. The van der Waals surface area contributed by atoms with Crippen LogP contribution in [0.2, 0.25) is 0 Å². The fraction of sp³-hybridized carbons (Fsp3) is 0.955. The highest BCUT2D eigenvalue weighted by Gasteiger charge is 2.06. The topological polar surface area (TPSA) is 0 Å². The van der Waals surface area contributed by atoms with Crippen molar-refractivity contribution in [3.8, 4) is 0 Å². The largest absolute Gasteiger partial charge is 1.00 e. The predicted octanol–water partition coefficient (Wildman–Crippen LogP) is 8.47. The molecule has 48 heavy (non-hydrogen) atoms. The molecular weight excluding hydrogens is 627 g/mol. The molecule has 0 aliphatic heterocycles. The molecule has 0 aliphatic carbocycles. The Kier molecular flexibility index (Phi) is 49.7. The van der Waals surface area contributed by atoms with E-state index in [9.17, 15) is 0 Å². The van der Waals surface area contributed by atoms with Crippen LogP contribution in [0.1, 0.15) is 219 Å². The van der Waals surface area contributed by atoms with E-state index in [1.807, 2.05) is 0 Å². The maximum atomic E-state index is 2.43. The van der Waals surface area contributed by atoms with Gasteiger partial charge in [-0.25, -0.2) is 0 Å². The van der Waals surface area contributed by atoms with E-state index in [0.717, 1.165) is 8.97 Å². The lowest BCUT2D eigenvalue weighted by Gasteiger charge is -2.23. The maximum Gasteiger partial charge on any atom is 0.0780 e. The minimum absolute atomic E-state index is 0. The molecule has 0 bridgehead atoms. The average Bonchev–Trinajstić information content (AvgIpc) is 2.99. The summed E-state index contributed by atoms with van der Waals surface area (Å²) in [5.41, 5.74) is 0. The van der Waals surface area contributed by atoms with Gasteiger partial charge in [0, 0.05) is 0 Å². The molecular formula is C44H94Cl2N2. The zero-order chi connectivity index (χ0) is 34.5. The molecule has 0 atom stereocenters. The molecule has 2 nitrogen and oxygen atoms in total. The molecule has 0 radical (unpaired) electrons. The van der Waals surface area contributed by atoms with Crippen LogP contribution in [-0.2, 0) is 0 Å².